The highest BCUT2D eigenvalue weighted by atomic mass is 32.2. The van der Waals surface area contributed by atoms with E-state index in [4.69, 9.17) is 9.84 Å². The first kappa shape index (κ1) is 20.5. The third-order valence-electron chi connectivity index (χ3n) is 4.17. The second-order valence-electron chi connectivity index (χ2n) is 6.46. The Morgan fingerprint density at radius 3 is 2.38 bits per heavy atom. The smallest absolute Gasteiger partial charge is 0.338 e. The van der Waals surface area contributed by atoms with Gasteiger partial charge in [0.25, 0.3) is 0 Å². The van der Waals surface area contributed by atoms with E-state index in [9.17, 15) is 22.8 Å². The van der Waals surface area contributed by atoms with Crippen molar-refractivity contribution >= 4 is 28.1 Å². The molecule has 0 radical (unpaired) electrons. The van der Waals surface area contributed by atoms with E-state index in [1.807, 2.05) is 4.72 Å². The fourth-order valence-corrected chi connectivity index (χ4v) is 3.90. The van der Waals surface area contributed by atoms with Crippen LogP contribution in [-0.4, -0.2) is 42.2 Å². The number of carbonyl (C=O) groups is 3. The zero-order valence-electron chi connectivity index (χ0n) is 15.2. The molecule has 0 aromatic heterocycles. The number of nitrogens with zero attached hydrogens (tertiary/aromatic N) is 1. The first-order valence-corrected chi connectivity index (χ1v) is 10.0. The molecule has 2 aromatic rings. The molecule has 0 spiro atoms. The number of carbonyl (C=O) groups excluding carboxylic acids is 2. The van der Waals surface area contributed by atoms with E-state index in [0.717, 1.165) is 4.31 Å². The molecular weight excluding hydrogens is 400 g/mol. The number of amides is 1. The minimum atomic E-state index is -3.81. The molecule has 2 aromatic carbocycles. The molecule has 152 valence electrons. The summed E-state index contributed by atoms with van der Waals surface area (Å²) in [5.41, 5.74) is 2.18. The van der Waals surface area contributed by atoms with Gasteiger partial charge in [0.1, 0.15) is 6.61 Å². The van der Waals surface area contributed by atoms with Gasteiger partial charge < -0.3 is 9.84 Å². The highest BCUT2D eigenvalue weighted by molar-refractivity contribution is 7.88. The van der Waals surface area contributed by atoms with Crippen LogP contribution in [0.5, 0.6) is 0 Å². The van der Waals surface area contributed by atoms with Gasteiger partial charge in [0, 0.05) is 6.54 Å². The van der Waals surface area contributed by atoms with Gasteiger partial charge in [-0.3, -0.25) is 9.59 Å². The number of esters is 1. The number of aliphatic carboxylic acids is 1. The van der Waals surface area contributed by atoms with Crippen molar-refractivity contribution in [3.63, 3.8) is 0 Å². The number of hydrogen-bond acceptors (Lipinski definition) is 6. The molecule has 1 aliphatic rings. The van der Waals surface area contributed by atoms with Gasteiger partial charge >= 0.3 is 22.1 Å². The van der Waals surface area contributed by atoms with Crippen LogP contribution in [0.15, 0.2) is 48.5 Å². The fraction of sp³-hybridized carbons (Fsp3) is 0.211. The number of ether oxygens (including phenoxy) is 1. The molecule has 0 bridgehead atoms. The molecule has 1 fully saturated rings. The lowest BCUT2D eigenvalue weighted by molar-refractivity contribution is -0.136. The number of carboxylic acids is 1. The minimum absolute atomic E-state index is 0.00610. The molecule has 0 aliphatic carbocycles. The minimum Gasteiger partial charge on any atom is -0.481 e. The summed E-state index contributed by atoms with van der Waals surface area (Å²) in [5.74, 6) is -2.09. The molecule has 1 heterocycles. The maximum Gasteiger partial charge on any atom is 0.338 e. The van der Waals surface area contributed by atoms with Crippen molar-refractivity contribution in [2.24, 2.45) is 0 Å². The average Bonchev–Trinajstić information content (AvgIpc) is 2.91. The summed E-state index contributed by atoms with van der Waals surface area (Å²) in [5, 5.41) is 8.84. The van der Waals surface area contributed by atoms with E-state index >= 15 is 0 Å². The van der Waals surface area contributed by atoms with Crippen LogP contribution >= 0.6 is 0 Å². The zero-order valence-corrected chi connectivity index (χ0v) is 16.0. The molecule has 10 heteroatoms. The van der Waals surface area contributed by atoms with Crippen LogP contribution in [0.4, 0.5) is 0 Å². The molecule has 3 rings (SSSR count). The number of hydrogen-bond donors (Lipinski definition) is 2. The van der Waals surface area contributed by atoms with E-state index in [1.165, 1.54) is 12.1 Å². The van der Waals surface area contributed by atoms with E-state index in [0.29, 0.717) is 16.7 Å². The lowest BCUT2D eigenvalue weighted by Crippen LogP contribution is -2.29. The van der Waals surface area contributed by atoms with E-state index in [2.05, 4.69) is 0 Å². The van der Waals surface area contributed by atoms with Crippen molar-refractivity contribution in [3.8, 4) is 0 Å². The molecule has 2 N–H and O–H groups in total. The molecule has 0 atom stereocenters. The van der Waals surface area contributed by atoms with Crippen LogP contribution in [-0.2, 0) is 44.1 Å². The van der Waals surface area contributed by atoms with Crippen molar-refractivity contribution in [1.82, 2.24) is 9.03 Å². The predicted molar refractivity (Wildman–Crippen MR) is 101 cm³/mol. The lowest BCUT2D eigenvalue weighted by Gasteiger charge is -2.12. The summed E-state index contributed by atoms with van der Waals surface area (Å²) >= 11 is 0. The van der Waals surface area contributed by atoms with Gasteiger partial charge in [-0.25, -0.2) is 9.52 Å². The van der Waals surface area contributed by atoms with Crippen LogP contribution in [0.25, 0.3) is 0 Å². The Kier molecular flexibility index (Phi) is 5.95. The SMILES string of the molecule is O=C(O)Cc1cccc(COC(=O)c2ccc(CN3CC(=O)NS3(=O)=O)cc2)c1. The lowest BCUT2D eigenvalue weighted by atomic mass is 10.1. The van der Waals surface area contributed by atoms with Gasteiger partial charge in [0.05, 0.1) is 18.5 Å². The van der Waals surface area contributed by atoms with Crippen LogP contribution in [0.2, 0.25) is 0 Å². The van der Waals surface area contributed by atoms with Crippen molar-refractivity contribution < 1.29 is 32.6 Å². The van der Waals surface area contributed by atoms with Crippen molar-refractivity contribution in [2.75, 3.05) is 6.54 Å². The standard InChI is InChI=1S/C19H18N2O7S/c22-17-11-21(29(26,27)20-17)10-13-4-6-16(7-5-13)19(25)28-12-15-3-1-2-14(8-15)9-18(23)24/h1-8H,9-12H2,(H,20,22)(H,23,24). The monoisotopic (exact) mass is 418 g/mol. The number of nitrogens with one attached hydrogen (secondary N) is 1. The summed E-state index contributed by atoms with van der Waals surface area (Å²) in [4.78, 5) is 34.2. The van der Waals surface area contributed by atoms with Gasteiger partial charge in [0.2, 0.25) is 5.91 Å². The zero-order chi connectivity index (χ0) is 21.0. The molecule has 1 amide bonds. The average molecular weight is 418 g/mol. The number of carboxylic acid groups (broad SMARTS) is 1. The van der Waals surface area contributed by atoms with E-state index < -0.39 is 28.1 Å². The Balaban J connectivity index is 1.58. The van der Waals surface area contributed by atoms with Gasteiger partial charge in [-0.15, -0.1) is 0 Å². The largest absolute Gasteiger partial charge is 0.481 e. The molecular formula is C19H18N2O7S. The maximum atomic E-state index is 12.2. The third kappa shape index (κ3) is 5.39. The van der Waals surface area contributed by atoms with Gasteiger partial charge in [-0.2, -0.15) is 12.7 Å². The Morgan fingerprint density at radius 1 is 1.07 bits per heavy atom. The Bertz CT molecular complexity index is 1050. The molecule has 0 unspecified atom stereocenters. The normalized spacial score (nSPS) is 15.7. The highest BCUT2D eigenvalue weighted by Crippen LogP contribution is 2.14. The van der Waals surface area contributed by atoms with Crippen molar-refractivity contribution in [1.29, 1.82) is 0 Å². The van der Waals surface area contributed by atoms with Crippen LogP contribution < -0.4 is 4.72 Å². The van der Waals surface area contributed by atoms with Crippen LogP contribution in [0.3, 0.4) is 0 Å². The Morgan fingerprint density at radius 2 is 1.76 bits per heavy atom. The summed E-state index contributed by atoms with van der Waals surface area (Å²) < 4.78 is 31.6. The van der Waals surface area contributed by atoms with E-state index in [1.54, 1.807) is 36.4 Å². The van der Waals surface area contributed by atoms with Crippen LogP contribution in [0, 0.1) is 0 Å². The third-order valence-corrected chi connectivity index (χ3v) is 5.59. The predicted octanol–water partition coefficient (Wildman–Crippen LogP) is 0.847. The molecule has 29 heavy (non-hydrogen) atoms. The molecule has 1 saturated heterocycles. The Hall–Kier alpha value is -3.24. The van der Waals surface area contributed by atoms with Gasteiger partial charge in [0.15, 0.2) is 0 Å². The summed E-state index contributed by atoms with van der Waals surface area (Å²) in [6, 6.07) is 13.0. The van der Waals surface area contributed by atoms with Gasteiger partial charge in [-0.05, 0) is 28.8 Å². The molecule has 1 aliphatic heterocycles. The first-order valence-electron chi connectivity index (χ1n) is 8.59. The van der Waals surface area contributed by atoms with E-state index in [-0.39, 0.29) is 31.7 Å². The molecule has 0 saturated carbocycles. The molecule has 9 nitrogen and oxygen atoms in total. The quantitative estimate of drug-likeness (QED) is 0.638. The summed E-state index contributed by atoms with van der Waals surface area (Å²) in [6.45, 7) is -0.242. The maximum absolute atomic E-state index is 12.2. The van der Waals surface area contributed by atoms with Crippen LogP contribution in [0.1, 0.15) is 27.0 Å². The number of benzene rings is 2. The number of rotatable bonds is 7. The summed E-state index contributed by atoms with van der Waals surface area (Å²) in [7, 11) is -3.81. The van der Waals surface area contributed by atoms with Gasteiger partial charge in [-0.1, -0.05) is 36.4 Å². The van der Waals surface area contributed by atoms with Crippen molar-refractivity contribution in [2.45, 2.75) is 19.6 Å². The second-order valence-corrected chi connectivity index (χ2v) is 8.13. The summed E-state index contributed by atoms with van der Waals surface area (Å²) in [6.07, 6.45) is -0.114. The van der Waals surface area contributed by atoms with Crippen molar-refractivity contribution in [3.05, 3.63) is 70.8 Å². The first-order chi connectivity index (χ1) is 13.7. The second kappa shape index (κ2) is 8.41. The topological polar surface area (TPSA) is 130 Å². The highest BCUT2D eigenvalue weighted by Gasteiger charge is 2.33. The Labute approximate surface area is 167 Å². The fourth-order valence-electron chi connectivity index (χ4n) is 2.81.